The number of morpholine rings is 1. The predicted molar refractivity (Wildman–Crippen MR) is 53.8 cm³/mol. The number of nitrogens with one attached hydrogen (secondary N) is 1. The van der Waals surface area contributed by atoms with Gasteiger partial charge in [0.15, 0.2) is 0 Å². The first-order valence-corrected chi connectivity index (χ1v) is 5.42. The molecule has 0 aromatic heterocycles. The molecule has 2 aliphatic rings. The molecule has 13 heavy (non-hydrogen) atoms. The highest BCUT2D eigenvalue weighted by Gasteiger charge is 2.51. The minimum Gasteiger partial charge on any atom is -0.372 e. The zero-order valence-electron chi connectivity index (χ0n) is 9.02. The maximum Gasteiger partial charge on any atom is 0.0840 e. The van der Waals surface area contributed by atoms with E-state index in [4.69, 9.17) is 4.74 Å². The average Bonchev–Trinajstić information content (AvgIpc) is 2.00. The molecule has 1 spiro atoms. The fraction of sp³-hybridized carbons (Fsp3) is 1.00. The molecule has 1 aliphatic heterocycles. The molecule has 2 rings (SSSR count). The monoisotopic (exact) mass is 183 g/mol. The molecule has 1 saturated heterocycles. The second-order valence-corrected chi connectivity index (χ2v) is 5.52. The van der Waals surface area contributed by atoms with E-state index in [9.17, 15) is 0 Å². The molecule has 2 fully saturated rings. The molecule has 1 heterocycles. The highest BCUT2D eigenvalue weighted by molar-refractivity contribution is 5.06. The van der Waals surface area contributed by atoms with Gasteiger partial charge in [-0.05, 0) is 24.7 Å². The SMILES string of the molecule is CC(C)(C)C1NCCOC12CCC2. The molecule has 76 valence electrons. The van der Waals surface area contributed by atoms with Crippen LogP contribution in [-0.4, -0.2) is 24.8 Å². The van der Waals surface area contributed by atoms with Crippen LogP contribution in [0.3, 0.4) is 0 Å². The van der Waals surface area contributed by atoms with Gasteiger partial charge in [0.1, 0.15) is 0 Å². The Kier molecular flexibility index (Phi) is 2.16. The minimum absolute atomic E-state index is 0.191. The number of ether oxygens (including phenoxy) is 1. The fourth-order valence-electron chi connectivity index (χ4n) is 2.78. The first-order chi connectivity index (χ1) is 6.05. The Hall–Kier alpha value is -0.0800. The van der Waals surface area contributed by atoms with E-state index in [2.05, 4.69) is 26.1 Å². The lowest BCUT2D eigenvalue weighted by molar-refractivity contribution is -0.165. The zero-order valence-corrected chi connectivity index (χ0v) is 9.02. The molecule has 0 aromatic rings. The molecule has 0 radical (unpaired) electrons. The van der Waals surface area contributed by atoms with Crippen molar-refractivity contribution in [3.8, 4) is 0 Å². The zero-order chi connectivity index (χ0) is 9.53. The lowest BCUT2D eigenvalue weighted by Gasteiger charge is -2.55. The first kappa shape index (κ1) is 9.47. The smallest absolute Gasteiger partial charge is 0.0840 e. The van der Waals surface area contributed by atoms with Gasteiger partial charge >= 0.3 is 0 Å². The fourth-order valence-corrected chi connectivity index (χ4v) is 2.78. The Morgan fingerprint density at radius 3 is 2.38 bits per heavy atom. The van der Waals surface area contributed by atoms with Crippen molar-refractivity contribution in [3.05, 3.63) is 0 Å². The summed E-state index contributed by atoms with van der Waals surface area (Å²) in [5, 5.41) is 3.63. The molecule has 0 amide bonds. The molecular weight excluding hydrogens is 162 g/mol. The van der Waals surface area contributed by atoms with E-state index in [1.807, 2.05) is 0 Å². The van der Waals surface area contributed by atoms with Crippen LogP contribution in [-0.2, 0) is 4.74 Å². The van der Waals surface area contributed by atoms with Gasteiger partial charge in [0, 0.05) is 12.6 Å². The standard InChI is InChI=1S/C11H21NO/c1-10(2,3)9-11(5-4-6-11)13-8-7-12-9/h9,12H,4-8H2,1-3H3. The van der Waals surface area contributed by atoms with Crippen LogP contribution in [0.4, 0.5) is 0 Å². The Morgan fingerprint density at radius 2 is 2.00 bits per heavy atom. The molecule has 2 heteroatoms. The molecular formula is C11H21NO. The van der Waals surface area contributed by atoms with Crippen molar-refractivity contribution in [2.45, 2.75) is 51.7 Å². The van der Waals surface area contributed by atoms with E-state index < -0.39 is 0 Å². The van der Waals surface area contributed by atoms with Crippen LogP contribution in [0, 0.1) is 5.41 Å². The molecule has 1 atom stereocenters. The summed E-state index contributed by atoms with van der Waals surface area (Å²) in [4.78, 5) is 0. The Bertz CT molecular complexity index is 191. The lowest BCUT2D eigenvalue weighted by Crippen LogP contribution is -2.65. The van der Waals surface area contributed by atoms with E-state index in [0.29, 0.717) is 11.5 Å². The third-order valence-corrected chi connectivity index (χ3v) is 3.43. The number of hydrogen-bond donors (Lipinski definition) is 1. The quantitative estimate of drug-likeness (QED) is 0.619. The summed E-state index contributed by atoms with van der Waals surface area (Å²) in [6.45, 7) is 8.83. The normalized spacial score (nSPS) is 33.0. The van der Waals surface area contributed by atoms with Crippen molar-refractivity contribution < 1.29 is 4.74 Å². The number of rotatable bonds is 0. The van der Waals surface area contributed by atoms with Crippen molar-refractivity contribution >= 4 is 0 Å². The summed E-state index contributed by atoms with van der Waals surface area (Å²) < 4.78 is 5.98. The van der Waals surface area contributed by atoms with Gasteiger partial charge in [-0.1, -0.05) is 20.8 Å². The van der Waals surface area contributed by atoms with Crippen molar-refractivity contribution in [1.82, 2.24) is 5.32 Å². The van der Waals surface area contributed by atoms with Gasteiger partial charge < -0.3 is 10.1 Å². The summed E-state index contributed by atoms with van der Waals surface area (Å²) in [5.41, 5.74) is 0.511. The molecule has 2 nitrogen and oxygen atoms in total. The minimum atomic E-state index is 0.191. The van der Waals surface area contributed by atoms with Crippen molar-refractivity contribution in [1.29, 1.82) is 0 Å². The van der Waals surface area contributed by atoms with Crippen molar-refractivity contribution in [2.24, 2.45) is 5.41 Å². The Labute approximate surface area is 81.0 Å². The summed E-state index contributed by atoms with van der Waals surface area (Å²) >= 11 is 0. The largest absolute Gasteiger partial charge is 0.372 e. The van der Waals surface area contributed by atoms with Crippen LogP contribution in [0.2, 0.25) is 0 Å². The molecule has 0 bridgehead atoms. The van der Waals surface area contributed by atoms with Crippen molar-refractivity contribution in [3.63, 3.8) is 0 Å². The van der Waals surface area contributed by atoms with E-state index in [-0.39, 0.29) is 5.60 Å². The first-order valence-electron chi connectivity index (χ1n) is 5.42. The molecule has 1 saturated carbocycles. The molecule has 0 aromatic carbocycles. The highest BCUT2D eigenvalue weighted by Crippen LogP contribution is 2.45. The van der Waals surface area contributed by atoms with E-state index in [1.165, 1.54) is 19.3 Å². The maximum absolute atomic E-state index is 5.98. The maximum atomic E-state index is 5.98. The van der Waals surface area contributed by atoms with Gasteiger partial charge in [-0.3, -0.25) is 0 Å². The second kappa shape index (κ2) is 2.96. The van der Waals surface area contributed by atoms with Crippen LogP contribution in [0.1, 0.15) is 40.0 Å². The third kappa shape index (κ3) is 1.50. The van der Waals surface area contributed by atoms with E-state index in [1.54, 1.807) is 0 Å². The Morgan fingerprint density at radius 1 is 1.31 bits per heavy atom. The van der Waals surface area contributed by atoms with Crippen LogP contribution in [0.15, 0.2) is 0 Å². The van der Waals surface area contributed by atoms with Crippen LogP contribution in [0.5, 0.6) is 0 Å². The van der Waals surface area contributed by atoms with Crippen LogP contribution < -0.4 is 5.32 Å². The summed E-state index contributed by atoms with van der Waals surface area (Å²) in [6.07, 6.45) is 3.85. The van der Waals surface area contributed by atoms with Crippen LogP contribution >= 0.6 is 0 Å². The van der Waals surface area contributed by atoms with Gasteiger partial charge in [-0.15, -0.1) is 0 Å². The van der Waals surface area contributed by atoms with E-state index in [0.717, 1.165) is 13.2 Å². The Balaban J connectivity index is 2.14. The van der Waals surface area contributed by atoms with Crippen molar-refractivity contribution in [2.75, 3.05) is 13.2 Å². The van der Waals surface area contributed by atoms with Gasteiger partial charge in [-0.2, -0.15) is 0 Å². The summed E-state index contributed by atoms with van der Waals surface area (Å²) in [7, 11) is 0. The molecule has 1 N–H and O–H groups in total. The van der Waals surface area contributed by atoms with Gasteiger partial charge in [-0.25, -0.2) is 0 Å². The summed E-state index contributed by atoms with van der Waals surface area (Å²) in [6, 6.07) is 0.544. The number of hydrogen-bond acceptors (Lipinski definition) is 2. The van der Waals surface area contributed by atoms with Gasteiger partial charge in [0.25, 0.3) is 0 Å². The predicted octanol–water partition coefficient (Wildman–Crippen LogP) is 1.94. The second-order valence-electron chi connectivity index (χ2n) is 5.52. The van der Waals surface area contributed by atoms with Crippen LogP contribution in [0.25, 0.3) is 0 Å². The topological polar surface area (TPSA) is 21.3 Å². The average molecular weight is 183 g/mol. The molecule has 1 unspecified atom stereocenters. The highest BCUT2D eigenvalue weighted by atomic mass is 16.5. The summed E-state index contributed by atoms with van der Waals surface area (Å²) in [5.74, 6) is 0. The lowest BCUT2D eigenvalue weighted by atomic mass is 9.65. The molecule has 1 aliphatic carbocycles. The van der Waals surface area contributed by atoms with E-state index >= 15 is 0 Å². The van der Waals surface area contributed by atoms with Gasteiger partial charge in [0.2, 0.25) is 0 Å². The van der Waals surface area contributed by atoms with Gasteiger partial charge in [0.05, 0.1) is 12.2 Å². The third-order valence-electron chi connectivity index (χ3n) is 3.43.